The lowest BCUT2D eigenvalue weighted by Gasteiger charge is -2.18. The van der Waals surface area contributed by atoms with Gasteiger partial charge in [0.2, 0.25) is 0 Å². The zero-order valence-corrected chi connectivity index (χ0v) is 12.9. The summed E-state index contributed by atoms with van der Waals surface area (Å²) in [5.41, 5.74) is 0.809. The van der Waals surface area contributed by atoms with Crippen molar-refractivity contribution in [3.8, 4) is 0 Å². The number of hydrogen-bond donors (Lipinski definition) is 1. The number of hydrogen-bond acceptors (Lipinski definition) is 1. The van der Waals surface area contributed by atoms with Gasteiger partial charge in [-0.15, -0.1) is 0 Å². The highest BCUT2D eigenvalue weighted by atomic mass is 79.9. The van der Waals surface area contributed by atoms with Crippen LogP contribution in [0, 0.1) is 5.82 Å². The minimum absolute atomic E-state index is 0.0936. The molecule has 102 valence electrons. The summed E-state index contributed by atoms with van der Waals surface area (Å²) < 4.78 is 14.6. The third kappa shape index (κ3) is 5.49. The summed E-state index contributed by atoms with van der Waals surface area (Å²) in [6, 6.07) is 5.68. The second-order valence-electron chi connectivity index (χ2n) is 4.71. The van der Waals surface area contributed by atoms with Gasteiger partial charge in [0.25, 0.3) is 0 Å². The lowest BCUT2D eigenvalue weighted by Crippen LogP contribution is -2.30. The van der Waals surface area contributed by atoms with Crippen molar-refractivity contribution in [1.82, 2.24) is 5.32 Å². The van der Waals surface area contributed by atoms with Crippen molar-refractivity contribution in [2.24, 2.45) is 0 Å². The molecular formula is C15H23BrFN. The van der Waals surface area contributed by atoms with E-state index >= 15 is 0 Å². The van der Waals surface area contributed by atoms with Crippen molar-refractivity contribution in [3.05, 3.63) is 34.1 Å². The van der Waals surface area contributed by atoms with Gasteiger partial charge < -0.3 is 5.32 Å². The Hall–Kier alpha value is -0.410. The molecular weight excluding hydrogens is 293 g/mol. The minimum atomic E-state index is -0.0936. The average Bonchev–Trinajstić information content (AvgIpc) is 2.36. The number of aryl methyl sites for hydroxylation is 1. The summed E-state index contributed by atoms with van der Waals surface area (Å²) in [6.07, 6.45) is 5.28. The minimum Gasteiger partial charge on any atom is -0.314 e. The first-order valence-electron chi connectivity index (χ1n) is 6.84. The Labute approximate surface area is 118 Å². The van der Waals surface area contributed by atoms with E-state index in [9.17, 15) is 4.39 Å². The SMILES string of the molecule is CCCNC(CCC)CCc1cc(Br)ccc1F. The van der Waals surface area contributed by atoms with E-state index < -0.39 is 0 Å². The quantitative estimate of drug-likeness (QED) is 0.734. The molecule has 1 atom stereocenters. The molecule has 0 bridgehead atoms. The van der Waals surface area contributed by atoms with Crippen LogP contribution in [0.15, 0.2) is 22.7 Å². The van der Waals surface area contributed by atoms with E-state index in [1.807, 2.05) is 6.07 Å². The van der Waals surface area contributed by atoms with E-state index in [2.05, 4.69) is 35.1 Å². The van der Waals surface area contributed by atoms with Gasteiger partial charge in [-0.1, -0.05) is 36.2 Å². The number of rotatable bonds is 8. The first-order valence-corrected chi connectivity index (χ1v) is 7.64. The first-order chi connectivity index (χ1) is 8.67. The summed E-state index contributed by atoms with van der Waals surface area (Å²) in [6.45, 7) is 5.41. The maximum absolute atomic E-state index is 13.6. The normalized spacial score (nSPS) is 12.7. The van der Waals surface area contributed by atoms with E-state index in [0.29, 0.717) is 6.04 Å². The van der Waals surface area contributed by atoms with Gasteiger partial charge in [0, 0.05) is 10.5 Å². The fourth-order valence-electron chi connectivity index (χ4n) is 2.11. The van der Waals surface area contributed by atoms with Crippen molar-refractivity contribution >= 4 is 15.9 Å². The molecule has 0 spiro atoms. The van der Waals surface area contributed by atoms with Crippen LogP contribution in [-0.2, 0) is 6.42 Å². The van der Waals surface area contributed by atoms with Crippen LogP contribution in [0.25, 0.3) is 0 Å². The van der Waals surface area contributed by atoms with Crippen LogP contribution in [0.5, 0.6) is 0 Å². The molecule has 1 N–H and O–H groups in total. The van der Waals surface area contributed by atoms with E-state index in [4.69, 9.17) is 0 Å². The fraction of sp³-hybridized carbons (Fsp3) is 0.600. The molecule has 0 aliphatic carbocycles. The third-order valence-corrected chi connectivity index (χ3v) is 3.58. The monoisotopic (exact) mass is 315 g/mol. The maximum atomic E-state index is 13.6. The van der Waals surface area contributed by atoms with Gasteiger partial charge in [0.05, 0.1) is 0 Å². The Balaban J connectivity index is 2.52. The number of halogens is 2. The molecule has 18 heavy (non-hydrogen) atoms. The fourth-order valence-corrected chi connectivity index (χ4v) is 2.52. The standard InChI is InChI=1S/C15H23BrFN/c1-3-5-14(18-10-4-2)8-6-12-11-13(16)7-9-15(12)17/h7,9,11,14,18H,3-6,8,10H2,1-2H3. The number of nitrogens with one attached hydrogen (secondary N) is 1. The lowest BCUT2D eigenvalue weighted by atomic mass is 10.0. The van der Waals surface area contributed by atoms with Crippen LogP contribution < -0.4 is 5.32 Å². The van der Waals surface area contributed by atoms with Gasteiger partial charge in [-0.05, 0) is 56.0 Å². The van der Waals surface area contributed by atoms with E-state index in [0.717, 1.165) is 42.3 Å². The molecule has 0 aromatic heterocycles. The predicted molar refractivity (Wildman–Crippen MR) is 79.4 cm³/mol. The summed E-state index contributed by atoms with van der Waals surface area (Å²) in [5.74, 6) is -0.0936. The highest BCUT2D eigenvalue weighted by Gasteiger charge is 2.09. The summed E-state index contributed by atoms with van der Waals surface area (Å²) in [4.78, 5) is 0. The van der Waals surface area contributed by atoms with Crippen molar-refractivity contribution in [1.29, 1.82) is 0 Å². The molecule has 1 aromatic carbocycles. The van der Waals surface area contributed by atoms with Crippen LogP contribution in [0.3, 0.4) is 0 Å². The van der Waals surface area contributed by atoms with Gasteiger partial charge in [0.15, 0.2) is 0 Å². The van der Waals surface area contributed by atoms with E-state index in [1.165, 1.54) is 12.5 Å². The third-order valence-electron chi connectivity index (χ3n) is 3.09. The molecule has 0 amide bonds. The second kappa shape index (κ2) is 8.65. The smallest absolute Gasteiger partial charge is 0.126 e. The number of benzene rings is 1. The molecule has 0 saturated heterocycles. The summed E-state index contributed by atoms with van der Waals surface area (Å²) in [7, 11) is 0. The van der Waals surface area contributed by atoms with Gasteiger partial charge in [-0.25, -0.2) is 4.39 Å². The van der Waals surface area contributed by atoms with E-state index in [-0.39, 0.29) is 5.82 Å². The lowest BCUT2D eigenvalue weighted by molar-refractivity contribution is 0.445. The van der Waals surface area contributed by atoms with Crippen LogP contribution in [0.2, 0.25) is 0 Å². The molecule has 0 heterocycles. The van der Waals surface area contributed by atoms with E-state index in [1.54, 1.807) is 6.07 Å². The molecule has 1 aromatic rings. The highest BCUT2D eigenvalue weighted by molar-refractivity contribution is 9.10. The Bertz CT molecular complexity index is 354. The van der Waals surface area contributed by atoms with Gasteiger partial charge >= 0.3 is 0 Å². The van der Waals surface area contributed by atoms with Crippen molar-refractivity contribution in [3.63, 3.8) is 0 Å². The zero-order chi connectivity index (χ0) is 13.4. The molecule has 1 rings (SSSR count). The van der Waals surface area contributed by atoms with Crippen molar-refractivity contribution in [2.75, 3.05) is 6.54 Å². The Morgan fingerprint density at radius 3 is 2.67 bits per heavy atom. The predicted octanol–water partition coefficient (Wildman–Crippen LogP) is 4.69. The first kappa shape index (κ1) is 15.6. The topological polar surface area (TPSA) is 12.0 Å². The molecule has 3 heteroatoms. The molecule has 0 aliphatic heterocycles. The Morgan fingerprint density at radius 1 is 1.22 bits per heavy atom. The molecule has 0 fully saturated rings. The molecule has 0 radical (unpaired) electrons. The Kier molecular flexibility index (Phi) is 7.52. The van der Waals surface area contributed by atoms with Crippen LogP contribution >= 0.6 is 15.9 Å². The molecule has 0 aliphatic rings. The molecule has 0 saturated carbocycles. The highest BCUT2D eigenvalue weighted by Crippen LogP contribution is 2.18. The summed E-state index contributed by atoms with van der Waals surface area (Å²) in [5, 5.41) is 3.54. The van der Waals surface area contributed by atoms with Crippen molar-refractivity contribution in [2.45, 2.75) is 52.0 Å². The Morgan fingerprint density at radius 2 is 2.00 bits per heavy atom. The molecule has 1 unspecified atom stereocenters. The largest absolute Gasteiger partial charge is 0.314 e. The van der Waals surface area contributed by atoms with Gasteiger partial charge in [-0.2, -0.15) is 0 Å². The van der Waals surface area contributed by atoms with Crippen molar-refractivity contribution < 1.29 is 4.39 Å². The van der Waals surface area contributed by atoms with Gasteiger partial charge in [-0.3, -0.25) is 0 Å². The van der Waals surface area contributed by atoms with Crippen LogP contribution in [-0.4, -0.2) is 12.6 Å². The van der Waals surface area contributed by atoms with Crippen LogP contribution in [0.1, 0.15) is 45.1 Å². The zero-order valence-electron chi connectivity index (χ0n) is 11.3. The molecule has 1 nitrogen and oxygen atoms in total. The second-order valence-corrected chi connectivity index (χ2v) is 5.63. The maximum Gasteiger partial charge on any atom is 0.126 e. The van der Waals surface area contributed by atoms with Gasteiger partial charge in [0.1, 0.15) is 5.82 Å². The average molecular weight is 316 g/mol. The van der Waals surface area contributed by atoms with Crippen LogP contribution in [0.4, 0.5) is 4.39 Å². The summed E-state index contributed by atoms with van der Waals surface area (Å²) >= 11 is 3.39.